The van der Waals surface area contributed by atoms with E-state index in [0.717, 1.165) is 5.56 Å². The summed E-state index contributed by atoms with van der Waals surface area (Å²) in [5.74, 6) is 1.37. The predicted molar refractivity (Wildman–Crippen MR) is 51.7 cm³/mol. The van der Waals surface area contributed by atoms with Gasteiger partial charge in [-0.1, -0.05) is 0 Å². The van der Waals surface area contributed by atoms with Gasteiger partial charge in [0.05, 0.1) is 0 Å². The lowest BCUT2D eigenvalue weighted by atomic mass is 10.2. The highest BCUT2D eigenvalue weighted by Gasteiger charge is 2.03. The molecular formula is C10H8N2O2. The van der Waals surface area contributed by atoms with Gasteiger partial charge in [-0.25, -0.2) is 4.98 Å². The fourth-order valence-electron chi connectivity index (χ4n) is 1.12. The first kappa shape index (κ1) is 8.50. The van der Waals surface area contributed by atoms with E-state index in [0.29, 0.717) is 23.6 Å². The number of furan rings is 1. The van der Waals surface area contributed by atoms with Crippen molar-refractivity contribution >= 4 is 12.1 Å². The van der Waals surface area contributed by atoms with Crippen LogP contribution in [0.25, 0.3) is 11.3 Å². The Balaban J connectivity index is 2.39. The van der Waals surface area contributed by atoms with Crippen molar-refractivity contribution < 1.29 is 9.21 Å². The first-order valence-electron chi connectivity index (χ1n) is 4.06. The lowest BCUT2D eigenvalue weighted by molar-refractivity contribution is 0.110. The molecule has 2 aromatic rings. The Labute approximate surface area is 80.4 Å². The van der Waals surface area contributed by atoms with Crippen molar-refractivity contribution in [1.82, 2.24) is 4.98 Å². The molecule has 0 fully saturated rings. The first-order valence-corrected chi connectivity index (χ1v) is 4.06. The van der Waals surface area contributed by atoms with Gasteiger partial charge in [-0.3, -0.25) is 4.79 Å². The van der Waals surface area contributed by atoms with Crippen LogP contribution >= 0.6 is 0 Å². The van der Waals surface area contributed by atoms with E-state index in [9.17, 15) is 4.79 Å². The van der Waals surface area contributed by atoms with Gasteiger partial charge in [0, 0.05) is 11.8 Å². The molecule has 4 heteroatoms. The maximum Gasteiger partial charge on any atom is 0.185 e. The van der Waals surface area contributed by atoms with E-state index >= 15 is 0 Å². The molecule has 0 spiro atoms. The third kappa shape index (κ3) is 1.50. The molecule has 0 atom stereocenters. The smallest absolute Gasteiger partial charge is 0.185 e. The summed E-state index contributed by atoms with van der Waals surface area (Å²) < 4.78 is 5.21. The molecule has 0 unspecified atom stereocenters. The van der Waals surface area contributed by atoms with Crippen LogP contribution in [0, 0.1) is 0 Å². The first-order chi connectivity index (χ1) is 6.79. The number of nitrogen functional groups attached to an aromatic ring is 1. The zero-order valence-corrected chi connectivity index (χ0v) is 7.31. The molecule has 70 valence electrons. The number of pyridine rings is 1. The molecule has 2 N–H and O–H groups in total. The van der Waals surface area contributed by atoms with Crippen LogP contribution in [-0.4, -0.2) is 11.3 Å². The Kier molecular flexibility index (Phi) is 2.02. The van der Waals surface area contributed by atoms with Gasteiger partial charge < -0.3 is 10.2 Å². The van der Waals surface area contributed by atoms with Gasteiger partial charge in [-0.05, 0) is 24.3 Å². The van der Waals surface area contributed by atoms with E-state index in [1.54, 1.807) is 30.5 Å². The molecule has 2 aromatic heterocycles. The Morgan fingerprint density at radius 2 is 2.14 bits per heavy atom. The van der Waals surface area contributed by atoms with Gasteiger partial charge >= 0.3 is 0 Å². The molecule has 14 heavy (non-hydrogen) atoms. The average molecular weight is 188 g/mol. The molecule has 2 rings (SSSR count). The Morgan fingerprint density at radius 3 is 2.71 bits per heavy atom. The van der Waals surface area contributed by atoms with Crippen LogP contribution in [-0.2, 0) is 0 Å². The van der Waals surface area contributed by atoms with Gasteiger partial charge in [0.2, 0.25) is 0 Å². The fraction of sp³-hybridized carbons (Fsp3) is 0. The minimum Gasteiger partial charge on any atom is -0.453 e. The minimum absolute atomic E-state index is 0.303. The molecule has 0 saturated heterocycles. The summed E-state index contributed by atoms with van der Waals surface area (Å²) in [7, 11) is 0. The number of carbonyl (C=O) groups excluding carboxylic acids is 1. The summed E-state index contributed by atoms with van der Waals surface area (Å²) in [4.78, 5) is 14.3. The normalized spacial score (nSPS) is 10.0. The van der Waals surface area contributed by atoms with E-state index in [1.165, 1.54) is 0 Å². The third-order valence-electron chi connectivity index (χ3n) is 1.81. The molecule has 4 nitrogen and oxygen atoms in total. The van der Waals surface area contributed by atoms with Crippen LogP contribution in [0.3, 0.4) is 0 Å². The number of nitrogens with two attached hydrogens (primary N) is 1. The molecular weight excluding hydrogens is 180 g/mol. The van der Waals surface area contributed by atoms with Crippen LogP contribution in [0.2, 0.25) is 0 Å². The van der Waals surface area contributed by atoms with Crippen molar-refractivity contribution in [2.45, 2.75) is 0 Å². The van der Waals surface area contributed by atoms with E-state index in [1.807, 2.05) is 0 Å². The SMILES string of the molecule is Nc1ccc(-c2ccc(C=O)o2)cn1. The van der Waals surface area contributed by atoms with Gasteiger partial charge in [0.25, 0.3) is 0 Å². The van der Waals surface area contributed by atoms with Crippen LogP contribution in [0.1, 0.15) is 10.6 Å². The number of aldehydes is 1. The molecule has 0 aliphatic heterocycles. The molecule has 0 radical (unpaired) electrons. The van der Waals surface area contributed by atoms with Gasteiger partial charge in [0.1, 0.15) is 11.6 Å². The van der Waals surface area contributed by atoms with Crippen LogP contribution in [0.4, 0.5) is 5.82 Å². The molecule has 0 aliphatic carbocycles. The quantitative estimate of drug-likeness (QED) is 0.728. The summed E-state index contributed by atoms with van der Waals surface area (Å²) >= 11 is 0. The van der Waals surface area contributed by atoms with Crippen LogP contribution in [0.5, 0.6) is 0 Å². The fourth-order valence-corrected chi connectivity index (χ4v) is 1.12. The Hall–Kier alpha value is -2.10. The number of aromatic nitrogens is 1. The third-order valence-corrected chi connectivity index (χ3v) is 1.81. The number of nitrogens with zero attached hydrogens (tertiary/aromatic N) is 1. The molecule has 0 aromatic carbocycles. The molecule has 0 aliphatic rings. The van der Waals surface area contributed by atoms with Crippen molar-refractivity contribution in [2.24, 2.45) is 0 Å². The highest BCUT2D eigenvalue weighted by atomic mass is 16.3. The van der Waals surface area contributed by atoms with Crippen molar-refractivity contribution in [3.8, 4) is 11.3 Å². The molecule has 0 bridgehead atoms. The highest BCUT2D eigenvalue weighted by Crippen LogP contribution is 2.20. The van der Waals surface area contributed by atoms with Crippen molar-refractivity contribution in [2.75, 3.05) is 5.73 Å². The summed E-state index contributed by atoms with van der Waals surface area (Å²) in [6, 6.07) is 6.80. The summed E-state index contributed by atoms with van der Waals surface area (Å²) in [6.07, 6.45) is 2.26. The second-order valence-electron chi connectivity index (χ2n) is 2.79. The zero-order valence-electron chi connectivity index (χ0n) is 7.31. The second-order valence-corrected chi connectivity index (χ2v) is 2.79. The maximum absolute atomic E-state index is 10.4. The van der Waals surface area contributed by atoms with Crippen LogP contribution < -0.4 is 5.73 Å². The van der Waals surface area contributed by atoms with Crippen molar-refractivity contribution in [3.05, 3.63) is 36.2 Å². The summed E-state index contributed by atoms with van der Waals surface area (Å²) in [5.41, 5.74) is 6.24. The van der Waals surface area contributed by atoms with E-state index in [-0.39, 0.29) is 0 Å². The maximum atomic E-state index is 10.4. The number of anilines is 1. The Bertz CT molecular complexity index is 445. The largest absolute Gasteiger partial charge is 0.453 e. The van der Waals surface area contributed by atoms with Gasteiger partial charge in [-0.15, -0.1) is 0 Å². The number of hydrogen-bond donors (Lipinski definition) is 1. The number of carbonyl (C=O) groups is 1. The minimum atomic E-state index is 0.303. The van der Waals surface area contributed by atoms with Crippen molar-refractivity contribution in [3.63, 3.8) is 0 Å². The lowest BCUT2D eigenvalue weighted by Crippen LogP contribution is -1.88. The lowest BCUT2D eigenvalue weighted by Gasteiger charge is -1.95. The van der Waals surface area contributed by atoms with E-state index in [4.69, 9.17) is 10.2 Å². The molecule has 0 saturated carbocycles. The topological polar surface area (TPSA) is 69.1 Å². The van der Waals surface area contributed by atoms with Crippen LogP contribution in [0.15, 0.2) is 34.9 Å². The number of rotatable bonds is 2. The van der Waals surface area contributed by atoms with Gasteiger partial charge in [-0.2, -0.15) is 0 Å². The monoisotopic (exact) mass is 188 g/mol. The standard InChI is InChI=1S/C10H8N2O2/c11-10-4-1-7(5-12-10)9-3-2-8(6-13)14-9/h1-6H,(H2,11,12). The zero-order chi connectivity index (χ0) is 9.97. The van der Waals surface area contributed by atoms with E-state index < -0.39 is 0 Å². The summed E-state index contributed by atoms with van der Waals surface area (Å²) in [5, 5.41) is 0. The average Bonchev–Trinajstić information content (AvgIpc) is 2.67. The van der Waals surface area contributed by atoms with E-state index in [2.05, 4.69) is 4.98 Å². The van der Waals surface area contributed by atoms with Crippen molar-refractivity contribution in [1.29, 1.82) is 0 Å². The Morgan fingerprint density at radius 1 is 1.29 bits per heavy atom. The highest BCUT2D eigenvalue weighted by molar-refractivity contribution is 5.72. The summed E-state index contributed by atoms with van der Waals surface area (Å²) in [6.45, 7) is 0. The predicted octanol–water partition coefficient (Wildman–Crippen LogP) is 1.74. The second kappa shape index (κ2) is 3.33. The van der Waals surface area contributed by atoms with Gasteiger partial charge in [0.15, 0.2) is 12.0 Å². The molecule has 0 amide bonds. The molecule has 2 heterocycles. The number of hydrogen-bond acceptors (Lipinski definition) is 4.